The summed E-state index contributed by atoms with van der Waals surface area (Å²) < 4.78 is 0. The Kier molecular flexibility index (Phi) is 9.85. The molecule has 26 heavy (non-hydrogen) atoms. The first kappa shape index (κ1) is 26.8. The molecule has 0 saturated carbocycles. The minimum absolute atomic E-state index is 0.0280. The maximum atomic E-state index is 2.50. The fraction of sp³-hybridized carbons (Fsp3) is 1.00. The van der Waals surface area contributed by atoms with Gasteiger partial charge in [-0.1, -0.05) is 98.9 Å². The Labute approximate surface area is 170 Å². The van der Waals surface area contributed by atoms with Crippen LogP contribution >= 0.6 is 15.8 Å². The van der Waals surface area contributed by atoms with Crippen molar-refractivity contribution in [2.45, 2.75) is 123 Å². The van der Waals surface area contributed by atoms with Crippen molar-refractivity contribution >= 4 is 15.8 Å². The van der Waals surface area contributed by atoms with Crippen LogP contribution in [0.1, 0.15) is 95.9 Å². The van der Waals surface area contributed by atoms with Gasteiger partial charge in [-0.05, 0) is 59.9 Å². The lowest BCUT2D eigenvalue weighted by Gasteiger charge is -2.45. The molecule has 1 nitrogen and oxygen atoms in total. The second-order valence-electron chi connectivity index (χ2n) is 12.2. The zero-order chi connectivity index (χ0) is 21.1. The van der Waals surface area contributed by atoms with E-state index in [4.69, 9.17) is 0 Å². The summed E-state index contributed by atoms with van der Waals surface area (Å²) in [5, 5.41) is 1.74. The molecule has 3 heteroatoms. The van der Waals surface area contributed by atoms with Crippen LogP contribution in [-0.2, 0) is 0 Å². The van der Waals surface area contributed by atoms with Gasteiger partial charge in [-0.2, -0.15) is 0 Å². The third kappa shape index (κ3) is 9.34. The van der Waals surface area contributed by atoms with E-state index in [1.165, 1.54) is 25.2 Å². The van der Waals surface area contributed by atoms with E-state index < -0.39 is 0 Å². The molecule has 0 radical (unpaired) electrons. The molecule has 0 amide bonds. The average Bonchev–Trinajstić information content (AvgIpc) is 2.30. The van der Waals surface area contributed by atoms with Crippen molar-refractivity contribution in [3.05, 3.63) is 0 Å². The molecule has 0 aromatic rings. The Morgan fingerprint density at radius 2 is 0.962 bits per heavy atom. The monoisotopic (exact) mass is 403 g/mol. The summed E-state index contributed by atoms with van der Waals surface area (Å²) in [4.78, 5) is 2.50. The SMILES string of the molecule is CN(C)[C@@H](CCCP(C(C)(C)C)C(C)(C)C)CP(C(C)(C)C)C(C)(C)C. The molecule has 0 unspecified atom stereocenters. The third-order valence-corrected chi connectivity index (χ3v) is 13.3. The Morgan fingerprint density at radius 1 is 0.615 bits per heavy atom. The highest BCUT2D eigenvalue weighted by Crippen LogP contribution is 2.61. The van der Waals surface area contributed by atoms with E-state index >= 15 is 0 Å². The Morgan fingerprint density at radius 3 is 1.23 bits per heavy atom. The first-order valence-electron chi connectivity index (χ1n) is 10.5. The van der Waals surface area contributed by atoms with Crippen molar-refractivity contribution in [2.24, 2.45) is 0 Å². The highest BCUT2D eigenvalue weighted by molar-refractivity contribution is 7.61. The molecule has 1 atom stereocenters. The van der Waals surface area contributed by atoms with Crippen molar-refractivity contribution in [2.75, 3.05) is 26.4 Å². The normalized spacial score (nSPS) is 16.0. The van der Waals surface area contributed by atoms with Gasteiger partial charge in [-0.25, -0.2) is 0 Å². The fourth-order valence-corrected chi connectivity index (χ4v) is 12.3. The van der Waals surface area contributed by atoms with Gasteiger partial charge in [0.15, 0.2) is 0 Å². The van der Waals surface area contributed by atoms with Crippen LogP contribution < -0.4 is 0 Å². The fourth-order valence-electron chi connectivity index (χ4n) is 4.44. The summed E-state index contributed by atoms with van der Waals surface area (Å²) in [6.45, 7) is 29.4. The highest BCUT2D eigenvalue weighted by Gasteiger charge is 2.37. The van der Waals surface area contributed by atoms with Crippen molar-refractivity contribution in [3.63, 3.8) is 0 Å². The van der Waals surface area contributed by atoms with Crippen LogP contribution in [0.3, 0.4) is 0 Å². The lowest BCUT2D eigenvalue weighted by molar-refractivity contribution is 0.299. The number of rotatable bonds is 7. The van der Waals surface area contributed by atoms with Crippen LogP contribution in [0.15, 0.2) is 0 Å². The Balaban J connectivity index is 5.10. The molecule has 0 aliphatic carbocycles. The molecule has 0 bridgehead atoms. The topological polar surface area (TPSA) is 3.24 Å². The predicted octanol–water partition coefficient (Wildman–Crippen LogP) is 7.85. The van der Waals surface area contributed by atoms with Crippen LogP contribution in [0.5, 0.6) is 0 Å². The minimum Gasteiger partial charge on any atom is -0.306 e. The lowest BCUT2D eigenvalue weighted by Crippen LogP contribution is -2.37. The minimum atomic E-state index is -0.0280. The summed E-state index contributed by atoms with van der Waals surface area (Å²) in [5.74, 6) is 0. The maximum Gasteiger partial charge on any atom is 0.0129 e. The van der Waals surface area contributed by atoms with Crippen molar-refractivity contribution in [1.29, 1.82) is 0 Å². The molecule has 0 fully saturated rings. The highest BCUT2D eigenvalue weighted by atomic mass is 31.1. The van der Waals surface area contributed by atoms with E-state index in [-0.39, 0.29) is 15.8 Å². The molecule has 0 spiro atoms. The van der Waals surface area contributed by atoms with Crippen LogP contribution in [-0.4, -0.2) is 58.0 Å². The molecular formula is C23H51NP2. The second-order valence-corrected chi connectivity index (χ2v) is 20.1. The van der Waals surface area contributed by atoms with E-state index in [0.29, 0.717) is 20.6 Å². The largest absolute Gasteiger partial charge is 0.306 e. The number of hydrogen-bond donors (Lipinski definition) is 0. The summed E-state index contributed by atoms with van der Waals surface area (Å²) in [6, 6.07) is 0.719. The maximum absolute atomic E-state index is 2.50. The smallest absolute Gasteiger partial charge is 0.0129 e. The van der Waals surface area contributed by atoms with E-state index in [1.807, 2.05) is 0 Å². The second kappa shape index (κ2) is 9.55. The molecule has 0 aromatic heterocycles. The predicted molar refractivity (Wildman–Crippen MR) is 129 cm³/mol. The zero-order valence-corrected chi connectivity index (χ0v) is 22.5. The molecule has 0 aromatic carbocycles. The third-order valence-electron chi connectivity index (χ3n) is 5.28. The van der Waals surface area contributed by atoms with Gasteiger partial charge in [0.05, 0.1) is 0 Å². The van der Waals surface area contributed by atoms with Gasteiger partial charge in [0.25, 0.3) is 0 Å². The zero-order valence-electron chi connectivity index (χ0n) is 20.7. The van der Waals surface area contributed by atoms with Gasteiger partial charge in [0.1, 0.15) is 0 Å². The van der Waals surface area contributed by atoms with Crippen LogP contribution in [0.2, 0.25) is 0 Å². The lowest BCUT2D eigenvalue weighted by atomic mass is 10.2. The van der Waals surface area contributed by atoms with E-state index in [1.54, 1.807) is 0 Å². The van der Waals surface area contributed by atoms with Crippen molar-refractivity contribution < 1.29 is 0 Å². The molecule has 0 aliphatic rings. The van der Waals surface area contributed by atoms with Crippen LogP contribution in [0, 0.1) is 0 Å². The standard InChI is InChI=1S/C23H51NP2/c1-20(2,3)25(21(4,5)6)17-15-16-19(24(13)14)18-26(22(7,8)9)23(10,11)12/h19H,15-18H2,1-14H3/t19-/m0/s1. The molecule has 0 rings (SSSR count). The summed E-state index contributed by atoms with van der Waals surface area (Å²) >= 11 is 0. The van der Waals surface area contributed by atoms with E-state index in [2.05, 4.69) is 102 Å². The first-order valence-corrected chi connectivity index (χ1v) is 13.5. The van der Waals surface area contributed by atoms with Gasteiger partial charge in [-0.15, -0.1) is 0 Å². The van der Waals surface area contributed by atoms with Crippen LogP contribution in [0.25, 0.3) is 0 Å². The van der Waals surface area contributed by atoms with Gasteiger partial charge < -0.3 is 4.90 Å². The molecule has 0 heterocycles. The van der Waals surface area contributed by atoms with E-state index in [9.17, 15) is 0 Å². The molecule has 0 aliphatic heterocycles. The van der Waals surface area contributed by atoms with E-state index in [0.717, 1.165) is 6.04 Å². The van der Waals surface area contributed by atoms with Crippen molar-refractivity contribution in [3.8, 4) is 0 Å². The molecule has 0 saturated heterocycles. The summed E-state index contributed by atoms with van der Waals surface area (Å²) in [5.41, 5.74) is 0. The molecular weight excluding hydrogens is 352 g/mol. The van der Waals surface area contributed by atoms with Gasteiger partial charge in [-0.3, -0.25) is 0 Å². The Hall–Kier alpha value is 0.820. The van der Waals surface area contributed by atoms with Gasteiger partial charge >= 0.3 is 0 Å². The van der Waals surface area contributed by atoms with Gasteiger partial charge in [0.2, 0.25) is 0 Å². The quantitative estimate of drug-likeness (QED) is 0.391. The molecule has 158 valence electrons. The average molecular weight is 404 g/mol. The molecule has 0 N–H and O–H groups in total. The van der Waals surface area contributed by atoms with Crippen LogP contribution in [0.4, 0.5) is 0 Å². The first-order chi connectivity index (χ1) is 11.3. The number of hydrogen-bond acceptors (Lipinski definition) is 1. The summed E-state index contributed by atoms with van der Waals surface area (Å²) in [7, 11) is 4.58. The Bertz CT molecular complexity index is 374. The number of nitrogens with zero attached hydrogens (tertiary/aromatic N) is 1. The summed E-state index contributed by atoms with van der Waals surface area (Å²) in [6.07, 6.45) is 5.51. The van der Waals surface area contributed by atoms with Crippen molar-refractivity contribution in [1.82, 2.24) is 4.90 Å². The van der Waals surface area contributed by atoms with Gasteiger partial charge in [0, 0.05) is 6.04 Å².